The maximum absolute atomic E-state index is 12.4. The Morgan fingerprint density at radius 1 is 1.31 bits per heavy atom. The molecule has 1 fully saturated rings. The first-order valence-electron chi connectivity index (χ1n) is 9.20. The van der Waals surface area contributed by atoms with Crippen LogP contribution in [-0.4, -0.2) is 38.0 Å². The van der Waals surface area contributed by atoms with Crippen LogP contribution in [0.1, 0.15) is 40.0 Å². The third-order valence-electron chi connectivity index (χ3n) is 5.00. The zero-order valence-corrected chi connectivity index (χ0v) is 16.4. The number of benzene rings is 1. The van der Waals surface area contributed by atoms with E-state index in [1.54, 1.807) is 4.68 Å². The summed E-state index contributed by atoms with van der Waals surface area (Å²) < 4.78 is 7.48. The Bertz CT molecular complexity index is 719. The second-order valence-electron chi connectivity index (χ2n) is 7.35. The summed E-state index contributed by atoms with van der Waals surface area (Å²) >= 11 is 1.31. The molecule has 1 aromatic heterocycles. The summed E-state index contributed by atoms with van der Waals surface area (Å²) in [6, 6.07) is 9.64. The lowest BCUT2D eigenvalue weighted by atomic mass is 9.75. The lowest BCUT2D eigenvalue weighted by Crippen LogP contribution is -2.36. The maximum Gasteiger partial charge on any atom is 0.316 e. The molecule has 1 saturated carbocycles. The quantitative estimate of drug-likeness (QED) is 0.566. The van der Waals surface area contributed by atoms with Crippen LogP contribution in [0.4, 0.5) is 0 Å². The SMILES string of the molecule is CC(C)[C@@H]1CC[C@H](C)C[C@H]1OC(=O)CSc1nnnn1-c1ccccc1. The van der Waals surface area contributed by atoms with Crippen molar-refractivity contribution in [2.75, 3.05) is 5.75 Å². The van der Waals surface area contributed by atoms with Crippen molar-refractivity contribution in [1.82, 2.24) is 20.2 Å². The first-order chi connectivity index (χ1) is 12.5. The minimum atomic E-state index is -0.192. The molecule has 0 amide bonds. The molecule has 0 N–H and O–H groups in total. The van der Waals surface area contributed by atoms with Crippen LogP contribution in [0.25, 0.3) is 5.69 Å². The van der Waals surface area contributed by atoms with Gasteiger partial charge in [-0.05, 0) is 53.2 Å². The van der Waals surface area contributed by atoms with Gasteiger partial charge in [0.2, 0.25) is 5.16 Å². The van der Waals surface area contributed by atoms with Gasteiger partial charge in [-0.15, -0.1) is 5.10 Å². The number of tetrazole rings is 1. The second kappa shape index (κ2) is 8.66. The third kappa shape index (κ3) is 4.63. The fourth-order valence-corrected chi connectivity index (χ4v) is 4.25. The van der Waals surface area contributed by atoms with Gasteiger partial charge in [0.15, 0.2) is 0 Å². The van der Waals surface area contributed by atoms with Gasteiger partial charge in [0.05, 0.1) is 11.4 Å². The van der Waals surface area contributed by atoms with Crippen molar-refractivity contribution >= 4 is 17.7 Å². The summed E-state index contributed by atoms with van der Waals surface area (Å²) in [5.74, 6) is 1.61. The number of ether oxygens (including phenoxy) is 1. The van der Waals surface area contributed by atoms with Gasteiger partial charge in [-0.3, -0.25) is 4.79 Å². The van der Waals surface area contributed by atoms with Crippen LogP contribution in [-0.2, 0) is 9.53 Å². The highest BCUT2D eigenvalue weighted by molar-refractivity contribution is 7.99. The topological polar surface area (TPSA) is 69.9 Å². The van der Waals surface area contributed by atoms with Crippen molar-refractivity contribution in [2.45, 2.75) is 51.3 Å². The van der Waals surface area contributed by atoms with Crippen molar-refractivity contribution in [3.63, 3.8) is 0 Å². The van der Waals surface area contributed by atoms with Gasteiger partial charge < -0.3 is 4.74 Å². The molecule has 0 unspecified atom stereocenters. The lowest BCUT2D eigenvalue weighted by Gasteiger charge is -2.36. The van der Waals surface area contributed by atoms with Crippen LogP contribution in [0.5, 0.6) is 0 Å². The summed E-state index contributed by atoms with van der Waals surface area (Å²) in [7, 11) is 0. The Morgan fingerprint density at radius 2 is 2.08 bits per heavy atom. The molecule has 0 aliphatic heterocycles. The molecule has 140 valence electrons. The molecule has 1 aliphatic rings. The third-order valence-corrected chi connectivity index (χ3v) is 5.90. The van der Waals surface area contributed by atoms with Gasteiger partial charge in [-0.25, -0.2) is 0 Å². The van der Waals surface area contributed by atoms with E-state index in [-0.39, 0.29) is 17.8 Å². The van der Waals surface area contributed by atoms with E-state index in [0.29, 0.717) is 22.9 Å². The molecule has 0 radical (unpaired) electrons. The van der Waals surface area contributed by atoms with Gasteiger partial charge in [-0.2, -0.15) is 4.68 Å². The van der Waals surface area contributed by atoms with Gasteiger partial charge >= 0.3 is 5.97 Å². The van der Waals surface area contributed by atoms with Crippen LogP contribution < -0.4 is 0 Å². The number of hydrogen-bond acceptors (Lipinski definition) is 6. The number of thioether (sulfide) groups is 1. The molecule has 2 aromatic rings. The molecule has 6 nitrogen and oxygen atoms in total. The Kier molecular flexibility index (Phi) is 6.29. The Morgan fingerprint density at radius 3 is 2.81 bits per heavy atom. The van der Waals surface area contributed by atoms with E-state index in [4.69, 9.17) is 4.74 Å². The standard InChI is InChI=1S/C19H26N4O2S/c1-13(2)16-10-9-14(3)11-17(16)25-18(24)12-26-19-20-21-22-23(19)15-7-5-4-6-8-15/h4-8,13-14,16-17H,9-12H2,1-3H3/t14-,16-,17+/m0/s1. The smallest absolute Gasteiger partial charge is 0.316 e. The molecule has 0 spiro atoms. The number of esters is 1. The molecular formula is C19H26N4O2S. The molecule has 3 atom stereocenters. The number of carbonyl (C=O) groups is 1. The van der Waals surface area contributed by atoms with E-state index >= 15 is 0 Å². The highest BCUT2D eigenvalue weighted by atomic mass is 32.2. The molecule has 1 heterocycles. The highest BCUT2D eigenvalue weighted by Crippen LogP contribution is 2.35. The summed E-state index contributed by atoms with van der Waals surface area (Å²) in [6.45, 7) is 6.66. The van der Waals surface area contributed by atoms with Crippen molar-refractivity contribution in [2.24, 2.45) is 17.8 Å². The molecule has 0 saturated heterocycles. The first kappa shape index (κ1) is 18.9. The first-order valence-corrected chi connectivity index (χ1v) is 10.2. The monoisotopic (exact) mass is 374 g/mol. The van der Waals surface area contributed by atoms with Gasteiger partial charge in [0.25, 0.3) is 0 Å². The van der Waals surface area contributed by atoms with E-state index < -0.39 is 0 Å². The lowest BCUT2D eigenvalue weighted by molar-refractivity contribution is -0.152. The van der Waals surface area contributed by atoms with Crippen LogP contribution in [0, 0.1) is 17.8 Å². The molecule has 1 aliphatic carbocycles. The highest BCUT2D eigenvalue weighted by Gasteiger charge is 2.33. The summed E-state index contributed by atoms with van der Waals surface area (Å²) in [5, 5.41) is 12.3. The molecule has 7 heteroatoms. The zero-order valence-electron chi connectivity index (χ0n) is 15.5. The molecule has 0 bridgehead atoms. The van der Waals surface area contributed by atoms with E-state index in [1.165, 1.54) is 18.2 Å². The van der Waals surface area contributed by atoms with Crippen LogP contribution in [0.15, 0.2) is 35.5 Å². The van der Waals surface area contributed by atoms with E-state index in [1.807, 2.05) is 30.3 Å². The number of para-hydroxylation sites is 1. The largest absolute Gasteiger partial charge is 0.461 e. The van der Waals surface area contributed by atoms with Crippen molar-refractivity contribution in [1.29, 1.82) is 0 Å². The minimum Gasteiger partial charge on any atom is -0.461 e. The molecule has 26 heavy (non-hydrogen) atoms. The van der Waals surface area contributed by atoms with E-state index in [9.17, 15) is 4.79 Å². The summed E-state index contributed by atoms with van der Waals surface area (Å²) in [6.07, 6.45) is 3.34. The number of nitrogens with zero attached hydrogens (tertiary/aromatic N) is 4. The van der Waals surface area contributed by atoms with E-state index in [2.05, 4.69) is 36.3 Å². The van der Waals surface area contributed by atoms with Gasteiger partial charge in [0, 0.05) is 0 Å². The average Bonchev–Trinajstić information content (AvgIpc) is 3.09. The molecular weight excluding hydrogens is 348 g/mol. The summed E-state index contributed by atoms with van der Waals surface area (Å²) in [4.78, 5) is 12.4. The van der Waals surface area contributed by atoms with Crippen LogP contribution >= 0.6 is 11.8 Å². The maximum atomic E-state index is 12.4. The average molecular weight is 375 g/mol. The number of aromatic nitrogens is 4. The molecule has 1 aromatic carbocycles. The van der Waals surface area contributed by atoms with Crippen LogP contribution in [0.3, 0.4) is 0 Å². The normalized spacial score (nSPS) is 23.2. The Labute approximate surface area is 158 Å². The minimum absolute atomic E-state index is 0.0250. The van der Waals surface area contributed by atoms with Crippen molar-refractivity contribution in [3.05, 3.63) is 30.3 Å². The number of carbonyl (C=O) groups excluding carboxylic acids is 1. The fraction of sp³-hybridized carbons (Fsp3) is 0.579. The Balaban J connectivity index is 1.59. The van der Waals surface area contributed by atoms with Gasteiger partial charge in [0.1, 0.15) is 6.10 Å². The second-order valence-corrected chi connectivity index (χ2v) is 8.29. The zero-order chi connectivity index (χ0) is 18.5. The van der Waals surface area contributed by atoms with Crippen molar-refractivity contribution < 1.29 is 9.53 Å². The van der Waals surface area contributed by atoms with Crippen molar-refractivity contribution in [3.8, 4) is 5.69 Å². The van der Waals surface area contributed by atoms with E-state index in [0.717, 1.165) is 18.5 Å². The van der Waals surface area contributed by atoms with Gasteiger partial charge in [-0.1, -0.05) is 57.2 Å². The predicted octanol–water partition coefficient (Wildman–Crippen LogP) is 3.76. The number of hydrogen-bond donors (Lipinski definition) is 0. The Hall–Kier alpha value is -1.89. The molecule has 3 rings (SSSR count). The summed E-state index contributed by atoms with van der Waals surface area (Å²) in [5.41, 5.74) is 0.870. The predicted molar refractivity (Wildman–Crippen MR) is 101 cm³/mol. The fourth-order valence-electron chi connectivity index (χ4n) is 3.58. The number of rotatable bonds is 6. The van der Waals surface area contributed by atoms with Crippen LogP contribution in [0.2, 0.25) is 0 Å².